The summed E-state index contributed by atoms with van der Waals surface area (Å²) in [5, 5.41) is 11.9. The van der Waals surface area contributed by atoms with Gasteiger partial charge in [0.25, 0.3) is 5.91 Å². The molecule has 8 nitrogen and oxygen atoms in total. The van der Waals surface area contributed by atoms with Crippen LogP contribution in [0.4, 0.5) is 0 Å². The van der Waals surface area contributed by atoms with Crippen LogP contribution in [-0.4, -0.2) is 75.7 Å². The highest BCUT2D eigenvalue weighted by Gasteiger charge is 2.59. The van der Waals surface area contributed by atoms with Crippen molar-refractivity contribution in [2.24, 2.45) is 0 Å². The van der Waals surface area contributed by atoms with Gasteiger partial charge in [0.1, 0.15) is 11.6 Å². The van der Waals surface area contributed by atoms with Crippen molar-refractivity contribution in [3.8, 4) is 0 Å². The van der Waals surface area contributed by atoms with Gasteiger partial charge in [0, 0.05) is 13.5 Å². The van der Waals surface area contributed by atoms with E-state index in [1.807, 2.05) is 0 Å². The van der Waals surface area contributed by atoms with E-state index in [-0.39, 0.29) is 24.1 Å². The topological polar surface area (TPSA) is 107 Å². The molecular weight excluding hydrogens is 302 g/mol. The summed E-state index contributed by atoms with van der Waals surface area (Å²) in [6.45, 7) is 4.86. The van der Waals surface area contributed by atoms with E-state index >= 15 is 0 Å². The number of hydrogen-bond acceptors (Lipinski definition) is 5. The van der Waals surface area contributed by atoms with E-state index in [1.165, 1.54) is 25.7 Å². The molecule has 23 heavy (non-hydrogen) atoms. The average molecular weight is 325 g/mol. The number of aliphatic hydroxyl groups excluding tert-OH is 1. The van der Waals surface area contributed by atoms with Gasteiger partial charge in [-0.1, -0.05) is 0 Å². The Labute approximate surface area is 134 Å². The summed E-state index contributed by atoms with van der Waals surface area (Å²) in [5.74, 6) is -1.21. The molecule has 2 N–H and O–H groups in total. The zero-order chi connectivity index (χ0) is 17.4. The van der Waals surface area contributed by atoms with Crippen molar-refractivity contribution in [1.29, 1.82) is 0 Å². The van der Waals surface area contributed by atoms with E-state index in [0.29, 0.717) is 19.5 Å². The van der Waals surface area contributed by atoms with Crippen LogP contribution in [0.2, 0.25) is 0 Å². The third-order valence-electron chi connectivity index (χ3n) is 4.58. The van der Waals surface area contributed by atoms with Crippen molar-refractivity contribution in [1.82, 2.24) is 15.1 Å². The Morgan fingerprint density at radius 2 is 2.00 bits per heavy atom. The van der Waals surface area contributed by atoms with E-state index in [1.54, 1.807) is 4.90 Å². The molecule has 3 amide bonds. The molecule has 1 spiro atoms. The fourth-order valence-corrected chi connectivity index (χ4v) is 3.46. The number of β-lactam (4-membered cyclic amide) rings is 1. The SMILES string of the molecule is CC(=O)[C@@H](NC(=O)CN1CC2(CCCN2C(C)=O)C1=O)[C@@H](C)O. The van der Waals surface area contributed by atoms with Gasteiger partial charge >= 0.3 is 0 Å². The first-order chi connectivity index (χ1) is 10.7. The summed E-state index contributed by atoms with van der Waals surface area (Å²) in [7, 11) is 0. The summed E-state index contributed by atoms with van der Waals surface area (Å²) in [6.07, 6.45) is 0.394. The minimum atomic E-state index is -1.00. The zero-order valence-electron chi connectivity index (χ0n) is 13.7. The molecule has 2 fully saturated rings. The summed E-state index contributed by atoms with van der Waals surface area (Å²) in [4.78, 5) is 50.4. The van der Waals surface area contributed by atoms with Crippen LogP contribution in [0.5, 0.6) is 0 Å². The van der Waals surface area contributed by atoms with Crippen LogP contribution in [0.25, 0.3) is 0 Å². The molecule has 0 bridgehead atoms. The highest BCUT2D eigenvalue weighted by Crippen LogP contribution is 2.38. The van der Waals surface area contributed by atoms with Gasteiger partial charge in [0.05, 0.1) is 19.2 Å². The second-order valence-electron chi connectivity index (χ2n) is 6.36. The normalized spacial score (nSPS) is 26.0. The Hall–Kier alpha value is -1.96. The molecule has 1 unspecified atom stereocenters. The third-order valence-corrected chi connectivity index (χ3v) is 4.58. The highest BCUT2D eigenvalue weighted by molar-refractivity contribution is 5.99. The van der Waals surface area contributed by atoms with Crippen LogP contribution < -0.4 is 5.32 Å². The second kappa shape index (κ2) is 6.27. The molecular formula is C15H23N3O5. The number of carbonyl (C=O) groups is 4. The molecule has 2 rings (SSSR count). The van der Waals surface area contributed by atoms with Crippen LogP contribution >= 0.6 is 0 Å². The Bertz CT molecular complexity index is 547. The van der Waals surface area contributed by atoms with Crippen molar-refractivity contribution in [3.63, 3.8) is 0 Å². The van der Waals surface area contributed by atoms with E-state index in [9.17, 15) is 24.3 Å². The number of hydrogen-bond donors (Lipinski definition) is 2. The van der Waals surface area contributed by atoms with Gasteiger partial charge in [-0.05, 0) is 26.7 Å². The average Bonchev–Trinajstić information content (AvgIpc) is 2.90. The van der Waals surface area contributed by atoms with Crippen molar-refractivity contribution >= 4 is 23.5 Å². The van der Waals surface area contributed by atoms with Crippen molar-refractivity contribution < 1.29 is 24.3 Å². The molecule has 0 aliphatic carbocycles. The van der Waals surface area contributed by atoms with Gasteiger partial charge in [-0.25, -0.2) is 0 Å². The third kappa shape index (κ3) is 3.08. The van der Waals surface area contributed by atoms with Gasteiger partial charge in [0.2, 0.25) is 11.8 Å². The number of likely N-dealkylation sites (tertiary alicyclic amines) is 2. The number of nitrogens with zero attached hydrogens (tertiary/aromatic N) is 2. The van der Waals surface area contributed by atoms with Gasteiger partial charge < -0.3 is 20.2 Å². The summed E-state index contributed by atoms with van der Waals surface area (Å²) in [6, 6.07) is -0.979. The van der Waals surface area contributed by atoms with E-state index in [2.05, 4.69) is 5.32 Å². The van der Waals surface area contributed by atoms with Crippen LogP contribution in [-0.2, 0) is 19.2 Å². The summed E-state index contributed by atoms with van der Waals surface area (Å²) in [5.41, 5.74) is -0.781. The Kier molecular flexibility index (Phi) is 4.74. The lowest BCUT2D eigenvalue weighted by Gasteiger charge is -2.50. The first kappa shape index (κ1) is 17.4. The minimum Gasteiger partial charge on any atom is -0.391 e. The molecule has 2 heterocycles. The molecule has 128 valence electrons. The van der Waals surface area contributed by atoms with Crippen LogP contribution in [0, 0.1) is 0 Å². The Morgan fingerprint density at radius 1 is 1.35 bits per heavy atom. The molecule has 2 aliphatic rings. The Balaban J connectivity index is 1.94. The molecule has 0 aromatic carbocycles. The zero-order valence-corrected chi connectivity index (χ0v) is 13.7. The van der Waals surface area contributed by atoms with Crippen LogP contribution in [0.3, 0.4) is 0 Å². The number of nitrogens with one attached hydrogen (secondary N) is 1. The maximum atomic E-state index is 12.4. The lowest BCUT2D eigenvalue weighted by Crippen LogP contribution is -2.73. The second-order valence-corrected chi connectivity index (χ2v) is 6.36. The van der Waals surface area contributed by atoms with E-state index in [0.717, 1.165) is 6.42 Å². The number of ketones is 1. The molecule has 0 aromatic heterocycles. The molecule has 2 saturated heterocycles. The lowest BCUT2D eigenvalue weighted by atomic mass is 9.85. The van der Waals surface area contributed by atoms with Gasteiger partial charge in [-0.2, -0.15) is 0 Å². The monoisotopic (exact) mass is 325 g/mol. The molecule has 8 heteroatoms. The van der Waals surface area contributed by atoms with Gasteiger partial charge in [-0.15, -0.1) is 0 Å². The summed E-state index contributed by atoms with van der Waals surface area (Å²) < 4.78 is 0. The van der Waals surface area contributed by atoms with Crippen molar-refractivity contribution in [2.75, 3.05) is 19.6 Å². The summed E-state index contributed by atoms with van der Waals surface area (Å²) >= 11 is 0. The molecule has 3 atom stereocenters. The van der Waals surface area contributed by atoms with Crippen LogP contribution in [0.1, 0.15) is 33.6 Å². The highest BCUT2D eigenvalue weighted by atomic mass is 16.3. The first-order valence-corrected chi connectivity index (χ1v) is 7.74. The van der Waals surface area contributed by atoms with Crippen molar-refractivity contribution in [3.05, 3.63) is 0 Å². The predicted molar refractivity (Wildman–Crippen MR) is 80.2 cm³/mol. The number of amides is 3. The van der Waals surface area contributed by atoms with Gasteiger partial charge in [-0.3, -0.25) is 19.2 Å². The smallest absolute Gasteiger partial charge is 0.250 e. The molecule has 0 aromatic rings. The minimum absolute atomic E-state index is 0.134. The van der Waals surface area contributed by atoms with Gasteiger partial charge in [0.15, 0.2) is 5.78 Å². The predicted octanol–water partition coefficient (Wildman–Crippen LogP) is -1.34. The standard InChI is InChI=1S/C15H23N3O5/c1-9(19)13(10(2)20)16-12(22)7-17-8-15(14(17)23)5-4-6-18(15)11(3)21/h9,13,19H,4-8H2,1-3H3,(H,16,22)/t9-,13+,15?/m1/s1. The van der Waals surface area contributed by atoms with Crippen molar-refractivity contribution in [2.45, 2.75) is 51.3 Å². The number of rotatable bonds is 5. The molecule has 2 aliphatic heterocycles. The van der Waals surface area contributed by atoms with E-state index in [4.69, 9.17) is 0 Å². The first-order valence-electron chi connectivity index (χ1n) is 7.74. The molecule has 0 saturated carbocycles. The number of Topliss-reactive ketones (excluding diaryl/α,β-unsaturated/α-hetero) is 1. The molecule has 0 radical (unpaired) electrons. The maximum Gasteiger partial charge on any atom is 0.250 e. The number of carbonyl (C=O) groups excluding carboxylic acids is 4. The number of aliphatic hydroxyl groups is 1. The Morgan fingerprint density at radius 3 is 2.48 bits per heavy atom. The van der Waals surface area contributed by atoms with E-state index < -0.39 is 23.6 Å². The maximum absolute atomic E-state index is 12.4. The lowest BCUT2D eigenvalue weighted by molar-refractivity contribution is -0.168. The quantitative estimate of drug-likeness (QED) is 0.609. The van der Waals surface area contributed by atoms with Crippen LogP contribution in [0.15, 0.2) is 0 Å². The largest absolute Gasteiger partial charge is 0.391 e. The fraction of sp³-hybridized carbons (Fsp3) is 0.733. The fourth-order valence-electron chi connectivity index (χ4n) is 3.46.